The summed E-state index contributed by atoms with van der Waals surface area (Å²) in [5.41, 5.74) is 18.4. The number of aryl methyl sites for hydroxylation is 1. The predicted octanol–water partition coefficient (Wildman–Crippen LogP) is 13.9. The average Bonchev–Trinajstić information content (AvgIpc) is 3.80. The van der Waals surface area contributed by atoms with Crippen molar-refractivity contribution in [3.63, 3.8) is 0 Å². The van der Waals surface area contributed by atoms with Gasteiger partial charge in [-0.25, -0.2) is 0 Å². The Hall–Kier alpha value is -6.55. The van der Waals surface area contributed by atoms with Crippen LogP contribution in [0.3, 0.4) is 0 Å². The molecule has 2 aliphatic carbocycles. The van der Waals surface area contributed by atoms with Gasteiger partial charge in [-0.3, -0.25) is 4.99 Å². The van der Waals surface area contributed by atoms with Crippen LogP contribution in [0.25, 0.3) is 42.6 Å². The van der Waals surface area contributed by atoms with E-state index in [0.717, 1.165) is 40.9 Å². The summed E-state index contributed by atoms with van der Waals surface area (Å²) in [6.45, 7) is 4.62. The maximum atomic E-state index is 5.38. The Morgan fingerprint density at radius 2 is 1.29 bits per heavy atom. The highest BCUT2D eigenvalue weighted by Gasteiger charge is 2.48. The van der Waals surface area contributed by atoms with E-state index in [2.05, 4.69) is 201 Å². The van der Waals surface area contributed by atoms with Gasteiger partial charge in [-0.05, 0) is 106 Å². The molecular formula is C55H42N2S. The molecule has 2 atom stereocenters. The van der Waals surface area contributed by atoms with Gasteiger partial charge in [0.15, 0.2) is 0 Å². The van der Waals surface area contributed by atoms with Crippen LogP contribution in [0.5, 0.6) is 0 Å². The fourth-order valence-corrected chi connectivity index (χ4v) is 11.2. The maximum absolute atomic E-state index is 5.38. The third kappa shape index (κ3) is 5.34. The molecule has 8 aromatic rings. The summed E-state index contributed by atoms with van der Waals surface area (Å²) in [7, 11) is 0. The first-order chi connectivity index (χ1) is 28.6. The van der Waals surface area contributed by atoms with Crippen LogP contribution >= 0.6 is 11.3 Å². The number of hydrogen-bond acceptors (Lipinski definition) is 3. The van der Waals surface area contributed by atoms with E-state index >= 15 is 0 Å². The van der Waals surface area contributed by atoms with Crippen LogP contribution in [0.2, 0.25) is 0 Å². The number of fused-ring (bicyclic) bond motifs is 5. The summed E-state index contributed by atoms with van der Waals surface area (Å²) in [5.74, 6) is 0. The number of thiophene rings is 1. The molecule has 0 bridgehead atoms. The van der Waals surface area contributed by atoms with Crippen molar-refractivity contribution < 1.29 is 0 Å². The Labute approximate surface area is 344 Å². The number of hydrogen-bond donors (Lipinski definition) is 1. The second-order valence-corrected chi connectivity index (χ2v) is 16.9. The highest BCUT2D eigenvalue weighted by Crippen LogP contribution is 2.58. The molecule has 0 saturated carbocycles. The summed E-state index contributed by atoms with van der Waals surface area (Å²) in [4.78, 5) is 5.38. The molecule has 2 heterocycles. The van der Waals surface area contributed by atoms with Crippen molar-refractivity contribution in [2.45, 2.75) is 38.3 Å². The Balaban J connectivity index is 1.10. The lowest BCUT2D eigenvalue weighted by Gasteiger charge is -2.38. The second-order valence-electron chi connectivity index (χ2n) is 15.8. The van der Waals surface area contributed by atoms with Crippen LogP contribution in [-0.4, -0.2) is 5.71 Å². The Kier molecular flexibility index (Phi) is 8.27. The Bertz CT molecular complexity index is 3070. The predicted molar refractivity (Wildman–Crippen MR) is 246 cm³/mol. The summed E-state index contributed by atoms with van der Waals surface area (Å²) in [5, 5.41) is 6.50. The van der Waals surface area contributed by atoms with Gasteiger partial charge in [0.1, 0.15) is 6.17 Å². The molecule has 3 heteroatoms. The topological polar surface area (TPSA) is 24.4 Å². The molecule has 0 radical (unpaired) electrons. The van der Waals surface area contributed by atoms with Crippen LogP contribution in [0.1, 0.15) is 69.1 Å². The number of allylic oxidation sites excluding steroid dienone is 5. The molecule has 1 aromatic heterocycles. The number of benzene rings is 7. The van der Waals surface area contributed by atoms with E-state index in [1.54, 1.807) is 0 Å². The van der Waals surface area contributed by atoms with E-state index in [-0.39, 0.29) is 6.17 Å². The monoisotopic (exact) mass is 762 g/mol. The van der Waals surface area contributed by atoms with E-state index < -0.39 is 5.41 Å². The maximum Gasteiger partial charge on any atom is 0.145 e. The lowest BCUT2D eigenvalue weighted by molar-refractivity contribution is 0.664. The van der Waals surface area contributed by atoms with Crippen LogP contribution in [0.15, 0.2) is 193 Å². The van der Waals surface area contributed by atoms with Gasteiger partial charge in [0, 0.05) is 37.0 Å². The summed E-state index contributed by atoms with van der Waals surface area (Å²) in [6.07, 6.45) is 8.96. The van der Waals surface area contributed by atoms with Crippen molar-refractivity contribution in [2.75, 3.05) is 0 Å². The van der Waals surface area contributed by atoms with E-state index in [9.17, 15) is 0 Å². The fourth-order valence-electron chi connectivity index (χ4n) is 10.0. The van der Waals surface area contributed by atoms with Crippen molar-refractivity contribution >= 4 is 48.5 Å². The second kappa shape index (κ2) is 13.8. The highest BCUT2D eigenvalue weighted by molar-refractivity contribution is 7.25. The van der Waals surface area contributed by atoms with Gasteiger partial charge >= 0.3 is 0 Å². The van der Waals surface area contributed by atoms with Gasteiger partial charge in [-0.1, -0.05) is 164 Å². The molecule has 0 amide bonds. The molecule has 278 valence electrons. The van der Waals surface area contributed by atoms with Crippen LogP contribution in [0, 0.1) is 13.8 Å². The van der Waals surface area contributed by atoms with Crippen molar-refractivity contribution in [1.29, 1.82) is 0 Å². The van der Waals surface area contributed by atoms with Gasteiger partial charge in [-0.15, -0.1) is 11.3 Å². The van der Waals surface area contributed by atoms with Crippen molar-refractivity contribution in [3.05, 3.63) is 238 Å². The van der Waals surface area contributed by atoms with Crippen LogP contribution < -0.4 is 5.32 Å². The summed E-state index contributed by atoms with van der Waals surface area (Å²) < 4.78 is 2.59. The average molecular weight is 763 g/mol. The molecule has 0 spiro atoms. The minimum atomic E-state index is -0.435. The molecule has 3 aliphatic rings. The Morgan fingerprint density at radius 1 is 0.603 bits per heavy atom. The molecule has 0 saturated heterocycles. The first kappa shape index (κ1) is 34.7. The molecule has 58 heavy (non-hydrogen) atoms. The normalized spacial score (nSPS) is 18.5. The van der Waals surface area contributed by atoms with Crippen molar-refractivity contribution in [1.82, 2.24) is 5.32 Å². The zero-order valence-electron chi connectivity index (χ0n) is 32.7. The van der Waals surface area contributed by atoms with Gasteiger partial charge < -0.3 is 5.32 Å². The molecule has 0 fully saturated rings. The van der Waals surface area contributed by atoms with Gasteiger partial charge in [0.05, 0.1) is 11.1 Å². The number of nitrogens with zero attached hydrogens (tertiary/aromatic N) is 1. The zero-order valence-corrected chi connectivity index (χ0v) is 33.5. The van der Waals surface area contributed by atoms with Gasteiger partial charge in [-0.2, -0.15) is 0 Å². The Morgan fingerprint density at radius 3 is 2.16 bits per heavy atom. The molecule has 7 aromatic carbocycles. The minimum absolute atomic E-state index is 0.238. The first-order valence-electron chi connectivity index (χ1n) is 20.4. The number of aliphatic imine (C=N–C) groups is 1. The quantitative estimate of drug-likeness (QED) is 0.179. The standard InChI is InChI=1S/C55H42N2S/c1-35-17-6-12-26-46(35)55(48-27-13-9-21-41(48)42-22-10-14-28-49(42)55)47-29-16-25-39(36(47)2)40-20-7-8-23-43(40)51-34-50(56-54(57-51)37-18-4-3-5-19-37)38-31-32-45-44-24-11-15-30-52(44)58-53(45)33-38/h3-9,11-21,23-34,54,57H,10,22H2,1-2H3. The van der Waals surface area contributed by atoms with E-state index in [0.29, 0.717) is 0 Å². The van der Waals surface area contributed by atoms with Gasteiger partial charge in [0.25, 0.3) is 0 Å². The van der Waals surface area contributed by atoms with Crippen LogP contribution in [-0.2, 0) is 5.41 Å². The molecule has 1 N–H and O–H groups in total. The van der Waals surface area contributed by atoms with E-state index in [1.165, 1.54) is 75.8 Å². The molecular weight excluding hydrogens is 721 g/mol. The minimum Gasteiger partial charge on any atom is -0.359 e. The van der Waals surface area contributed by atoms with Crippen molar-refractivity contribution in [2.24, 2.45) is 4.99 Å². The van der Waals surface area contributed by atoms with E-state index in [4.69, 9.17) is 4.99 Å². The summed E-state index contributed by atoms with van der Waals surface area (Å²) in [6, 6.07) is 60.3. The molecule has 2 unspecified atom stereocenters. The smallest absolute Gasteiger partial charge is 0.145 e. The van der Waals surface area contributed by atoms with Crippen molar-refractivity contribution in [3.8, 4) is 11.1 Å². The lowest BCUT2D eigenvalue weighted by Crippen LogP contribution is -2.31. The molecule has 11 rings (SSSR count). The fraction of sp³-hybridized carbons (Fsp3) is 0.109. The molecule has 2 nitrogen and oxygen atoms in total. The SMILES string of the molecule is Cc1ccccc1C1(c2cccc(-c3ccccc3C3=CC(c4ccc5c(c4)sc4ccccc45)=NC(c4ccccc4)N3)c2C)C2=C(CCC=C2)c2ccccc21. The number of nitrogens with one attached hydrogen (secondary N) is 1. The largest absolute Gasteiger partial charge is 0.359 e. The highest BCUT2D eigenvalue weighted by atomic mass is 32.1. The van der Waals surface area contributed by atoms with Gasteiger partial charge in [0.2, 0.25) is 0 Å². The number of rotatable bonds is 6. The van der Waals surface area contributed by atoms with E-state index in [1.807, 2.05) is 11.3 Å². The first-order valence-corrected chi connectivity index (χ1v) is 21.2. The third-order valence-electron chi connectivity index (χ3n) is 12.7. The zero-order chi connectivity index (χ0) is 38.8. The summed E-state index contributed by atoms with van der Waals surface area (Å²) >= 11 is 1.85. The van der Waals surface area contributed by atoms with Crippen LogP contribution in [0.4, 0.5) is 0 Å². The molecule has 1 aliphatic heterocycles. The lowest BCUT2D eigenvalue weighted by atomic mass is 9.63. The third-order valence-corrected chi connectivity index (χ3v) is 13.8.